The molecule has 1 saturated heterocycles. The summed E-state index contributed by atoms with van der Waals surface area (Å²) in [5, 5.41) is 50.3. The molecule has 0 unspecified atom stereocenters. The number of nitrogens with one attached hydrogen (secondary N) is 1. The fourth-order valence-corrected chi connectivity index (χ4v) is 6.35. The predicted octanol–water partition coefficient (Wildman–Crippen LogP) is -0.899. The number of thiazole rings is 1. The molecule has 1 aromatic carbocycles. The molecule has 212 valence electrons. The number of phenols is 1. The summed E-state index contributed by atoms with van der Waals surface area (Å²) in [5.41, 5.74) is 5.42. The minimum Gasteiger partial charge on any atom is -0.869 e. The number of hydrogen-bond donors (Lipinski definition) is 5. The molecular formula is C23H15Cl2N6NaO8S2. The summed E-state index contributed by atoms with van der Waals surface area (Å²) in [6.45, 7) is 0. The molecule has 2 atom stereocenters. The largest absolute Gasteiger partial charge is 1.00 e. The van der Waals surface area contributed by atoms with Crippen LogP contribution < -0.4 is 45.7 Å². The second-order valence-corrected chi connectivity index (χ2v) is 11.2. The Morgan fingerprint density at radius 2 is 2.05 bits per heavy atom. The van der Waals surface area contributed by atoms with E-state index >= 15 is 0 Å². The molecule has 3 aromatic rings. The van der Waals surface area contributed by atoms with Gasteiger partial charge in [-0.3, -0.25) is 14.5 Å². The number of allylic oxidation sites excluding steroid dienone is 1. The number of β-lactam (4-membered cyclic amide) rings is 1. The van der Waals surface area contributed by atoms with Crippen LogP contribution in [0.5, 0.6) is 11.5 Å². The zero-order chi connectivity index (χ0) is 29.6. The van der Waals surface area contributed by atoms with Crippen LogP contribution in [0.1, 0.15) is 11.5 Å². The fourth-order valence-electron chi connectivity index (χ4n) is 4.05. The number of benzene rings is 1. The number of nitrogens with zero attached hydrogens (tertiary/aromatic N) is 4. The van der Waals surface area contributed by atoms with Crippen LogP contribution in [0.4, 0.5) is 5.13 Å². The van der Waals surface area contributed by atoms with Gasteiger partial charge in [-0.25, -0.2) is 9.78 Å². The Hall–Kier alpha value is -3.25. The Balaban J connectivity index is 0.00000405. The monoisotopic (exact) mass is 660 g/mol. The Kier molecular flexibility index (Phi) is 9.46. The van der Waals surface area contributed by atoms with Crippen molar-refractivity contribution < 1.29 is 69.0 Å². The van der Waals surface area contributed by atoms with Crippen molar-refractivity contribution in [1.82, 2.24) is 20.4 Å². The van der Waals surface area contributed by atoms with E-state index in [1.165, 1.54) is 41.4 Å². The number of thioether (sulfide) groups is 1. The molecule has 0 aliphatic carbocycles. The molecule has 2 aliphatic heterocycles. The first-order chi connectivity index (χ1) is 19.5. The fraction of sp³-hybridized carbons (Fsp3) is 0.130. The van der Waals surface area contributed by atoms with Crippen LogP contribution in [-0.4, -0.2) is 71.1 Å². The smallest absolute Gasteiger partial charge is 0.869 e. The Morgan fingerprint density at radius 3 is 2.69 bits per heavy atom. The molecule has 2 amide bonds. The average Bonchev–Trinajstić information content (AvgIpc) is 3.60. The average molecular weight is 661 g/mol. The Labute approximate surface area is 275 Å². The predicted molar refractivity (Wildman–Crippen MR) is 147 cm³/mol. The summed E-state index contributed by atoms with van der Waals surface area (Å²) in [6, 6.07) is 1.58. The Bertz CT molecular complexity index is 1710. The second kappa shape index (κ2) is 12.5. The van der Waals surface area contributed by atoms with E-state index in [1.54, 1.807) is 0 Å². The first kappa shape index (κ1) is 31.7. The third-order valence-electron chi connectivity index (χ3n) is 5.97. The van der Waals surface area contributed by atoms with Gasteiger partial charge < -0.3 is 36.1 Å². The van der Waals surface area contributed by atoms with Gasteiger partial charge in [0.05, 0.1) is 5.02 Å². The second-order valence-electron chi connectivity index (χ2n) is 8.41. The summed E-state index contributed by atoms with van der Waals surface area (Å²) in [6.07, 6.45) is 2.85. The number of halogens is 2. The molecule has 1 fully saturated rings. The van der Waals surface area contributed by atoms with Gasteiger partial charge in [0.15, 0.2) is 16.6 Å². The van der Waals surface area contributed by atoms with Crippen molar-refractivity contribution in [2.24, 2.45) is 5.16 Å². The van der Waals surface area contributed by atoms with Crippen LogP contribution in [0, 0.1) is 0 Å². The molecule has 2 aromatic heterocycles. The zero-order valence-corrected chi connectivity index (χ0v) is 26.2. The van der Waals surface area contributed by atoms with Crippen molar-refractivity contribution in [1.29, 1.82) is 0 Å². The van der Waals surface area contributed by atoms with Gasteiger partial charge in [0.2, 0.25) is 0 Å². The molecular weight excluding hydrogens is 646 g/mol. The number of hydrogen-bond acceptors (Lipinski definition) is 13. The molecule has 4 heterocycles. The van der Waals surface area contributed by atoms with Crippen molar-refractivity contribution >= 4 is 81.0 Å². The number of phenolic OH excluding ortho intramolecular Hbond substituents is 1. The number of nitrogen functional groups attached to an aromatic ring is 1. The number of nitrogens with two attached hydrogens (primary N) is 1. The topological polar surface area (TPSA) is 228 Å². The first-order valence-electron chi connectivity index (χ1n) is 11.2. The number of carbonyl (C=O) groups excluding carboxylic acids is 2. The number of fused-ring (bicyclic) bond motifs is 1. The van der Waals surface area contributed by atoms with Crippen LogP contribution in [0.2, 0.25) is 10.0 Å². The van der Waals surface area contributed by atoms with Crippen molar-refractivity contribution in [3.8, 4) is 22.8 Å². The summed E-state index contributed by atoms with van der Waals surface area (Å²) in [4.78, 5) is 42.7. The van der Waals surface area contributed by atoms with Crippen LogP contribution >= 0.6 is 46.3 Å². The molecule has 0 saturated carbocycles. The van der Waals surface area contributed by atoms with Crippen molar-refractivity contribution in [3.05, 3.63) is 56.4 Å². The quantitative estimate of drug-likeness (QED) is 0.0683. The number of carbonyl (C=O) groups is 3. The van der Waals surface area contributed by atoms with Crippen molar-refractivity contribution in [3.63, 3.8) is 0 Å². The number of aromatic hydroxyl groups is 1. The summed E-state index contributed by atoms with van der Waals surface area (Å²) in [5.74, 6) is -4.17. The van der Waals surface area contributed by atoms with Crippen LogP contribution in [0.3, 0.4) is 0 Å². The van der Waals surface area contributed by atoms with E-state index in [1.807, 2.05) is 0 Å². The number of anilines is 1. The van der Waals surface area contributed by atoms with Gasteiger partial charge in [0.1, 0.15) is 34.3 Å². The molecule has 2 aliphatic rings. The van der Waals surface area contributed by atoms with Gasteiger partial charge in [-0.1, -0.05) is 39.6 Å². The summed E-state index contributed by atoms with van der Waals surface area (Å²) >= 11 is 14.1. The van der Waals surface area contributed by atoms with E-state index in [9.17, 15) is 34.9 Å². The normalized spacial score (nSPS) is 18.5. The number of carboxylic acid groups (broad SMARTS) is 1. The molecule has 42 heavy (non-hydrogen) atoms. The number of aromatic nitrogens is 2. The molecule has 19 heteroatoms. The van der Waals surface area contributed by atoms with Crippen LogP contribution in [-0.2, 0) is 14.4 Å². The first-order valence-corrected chi connectivity index (χ1v) is 13.9. The Morgan fingerprint density at radius 1 is 1.31 bits per heavy atom. The molecule has 0 radical (unpaired) electrons. The SMILES string of the molecule is Nc1nc(/C(=N\O)C(=O)N[C@@H]2C(=O)N3C(C(=O)O)=C(/C=C/c4cc(-c5cc(Cl)c([O-])c(O)c5Cl)no4)CS[C@H]23)cs1.[Na+]. The zero-order valence-electron chi connectivity index (χ0n) is 21.1. The van der Waals surface area contributed by atoms with E-state index in [2.05, 4.69) is 20.6 Å². The minimum absolute atomic E-state index is 0. The molecule has 0 spiro atoms. The van der Waals surface area contributed by atoms with E-state index < -0.39 is 46.4 Å². The van der Waals surface area contributed by atoms with Gasteiger partial charge in [-0.2, -0.15) is 0 Å². The van der Waals surface area contributed by atoms with Crippen molar-refractivity contribution in [2.75, 3.05) is 11.5 Å². The van der Waals surface area contributed by atoms with E-state index in [4.69, 9.17) is 33.5 Å². The molecule has 14 nitrogen and oxygen atoms in total. The van der Waals surface area contributed by atoms with Gasteiger partial charge in [-0.15, -0.1) is 23.1 Å². The van der Waals surface area contributed by atoms with Crippen LogP contribution in [0.25, 0.3) is 17.3 Å². The van der Waals surface area contributed by atoms with E-state index in [0.29, 0.717) is 0 Å². The summed E-state index contributed by atoms with van der Waals surface area (Å²) < 4.78 is 5.24. The van der Waals surface area contributed by atoms with E-state index in [0.717, 1.165) is 16.2 Å². The van der Waals surface area contributed by atoms with Gasteiger partial charge in [-0.05, 0) is 23.5 Å². The number of oxime groups is 1. The third kappa shape index (κ3) is 5.70. The molecule has 0 bridgehead atoms. The number of rotatable bonds is 7. The number of amides is 2. The number of carboxylic acids is 1. The number of aliphatic carboxylic acids is 1. The molecule has 6 N–H and O–H groups in total. The van der Waals surface area contributed by atoms with Crippen molar-refractivity contribution in [2.45, 2.75) is 11.4 Å². The van der Waals surface area contributed by atoms with E-state index in [-0.39, 0.29) is 84.5 Å². The van der Waals surface area contributed by atoms with Crippen LogP contribution in [0.15, 0.2) is 44.5 Å². The maximum atomic E-state index is 12.9. The van der Waals surface area contributed by atoms with Gasteiger partial charge in [0.25, 0.3) is 11.8 Å². The van der Waals surface area contributed by atoms with Gasteiger partial charge >= 0.3 is 35.5 Å². The maximum absolute atomic E-state index is 12.9. The third-order valence-corrected chi connectivity index (χ3v) is 8.61. The standard InChI is InChI=1S/C23H16Cl2N6O8S2.Na/c24-10-4-9(13(25)18(33)17(10)32)11-3-8(39-30-11)2-1-7-5-40-21-15(20(35)31(21)16(7)22(36)37)28-19(34)14(29-38)12-6-41-23(26)27-12;/h1-4,6,15,21,32-33,38H,5H2,(H2,26,27)(H,28,34)(H,36,37);/q;+1/p-1/b2-1+,29-14+;/t15-,21-;/m1./s1. The minimum atomic E-state index is -1.36. The maximum Gasteiger partial charge on any atom is 1.00 e. The van der Waals surface area contributed by atoms with Gasteiger partial charge in [0, 0.05) is 27.8 Å². The summed E-state index contributed by atoms with van der Waals surface area (Å²) in [7, 11) is 0. The molecule has 5 rings (SSSR count).